The van der Waals surface area contributed by atoms with Crippen LogP contribution in [0.4, 0.5) is 0 Å². The Labute approximate surface area is 103 Å². The van der Waals surface area contributed by atoms with E-state index in [2.05, 4.69) is 24.8 Å². The molecule has 4 heteroatoms. The van der Waals surface area contributed by atoms with E-state index in [0.717, 1.165) is 19.5 Å². The van der Waals surface area contributed by atoms with Crippen LogP contribution in [0.15, 0.2) is 0 Å². The van der Waals surface area contributed by atoms with Gasteiger partial charge in [-0.05, 0) is 33.7 Å². The van der Waals surface area contributed by atoms with E-state index >= 15 is 0 Å². The Bertz CT molecular complexity index is 313. The molecule has 0 radical (unpaired) electrons. The van der Waals surface area contributed by atoms with Crippen molar-refractivity contribution in [3.05, 3.63) is 0 Å². The molecule has 2 fully saturated rings. The summed E-state index contributed by atoms with van der Waals surface area (Å²) in [5.41, 5.74) is 0. The summed E-state index contributed by atoms with van der Waals surface area (Å²) in [5, 5.41) is 8.68. The number of hydrogen-bond acceptors (Lipinski definition) is 4. The van der Waals surface area contributed by atoms with Gasteiger partial charge in [-0.3, -0.25) is 0 Å². The first-order chi connectivity index (χ1) is 8.05. The minimum Gasteiger partial charge on any atom is -0.347 e. The zero-order chi connectivity index (χ0) is 12.5. The monoisotopic (exact) mass is 238 g/mol. The van der Waals surface area contributed by atoms with Crippen molar-refractivity contribution in [1.29, 1.82) is 5.26 Å². The fraction of sp³-hybridized carbons (Fsp3) is 0.923. The van der Waals surface area contributed by atoms with Crippen molar-refractivity contribution in [1.82, 2.24) is 4.90 Å². The maximum Gasteiger partial charge on any atom is 0.170 e. The number of rotatable bonds is 3. The molecule has 17 heavy (non-hydrogen) atoms. The molecule has 2 aliphatic rings. The summed E-state index contributed by atoms with van der Waals surface area (Å²) >= 11 is 0. The van der Waals surface area contributed by atoms with E-state index in [9.17, 15) is 0 Å². The molecule has 2 heterocycles. The quantitative estimate of drug-likeness (QED) is 0.751. The first-order valence-electron chi connectivity index (χ1n) is 6.48. The Balaban J connectivity index is 1.93. The van der Waals surface area contributed by atoms with Crippen molar-refractivity contribution >= 4 is 0 Å². The molecule has 0 aliphatic carbocycles. The van der Waals surface area contributed by atoms with Gasteiger partial charge in [0.25, 0.3) is 0 Å². The van der Waals surface area contributed by atoms with Gasteiger partial charge in [0.1, 0.15) is 0 Å². The molecule has 2 saturated heterocycles. The summed E-state index contributed by atoms with van der Waals surface area (Å²) in [6.45, 7) is 9.18. The second-order valence-corrected chi connectivity index (χ2v) is 5.50. The molecular formula is C13H22N2O2. The van der Waals surface area contributed by atoms with Gasteiger partial charge < -0.3 is 14.4 Å². The number of ether oxygens (including phenoxy) is 2. The van der Waals surface area contributed by atoms with E-state index in [1.165, 1.54) is 0 Å². The number of hydrogen-bond donors (Lipinski definition) is 0. The van der Waals surface area contributed by atoms with E-state index in [4.69, 9.17) is 14.7 Å². The average Bonchev–Trinajstić information content (AvgIpc) is 2.86. The van der Waals surface area contributed by atoms with Gasteiger partial charge in [-0.15, -0.1) is 0 Å². The summed E-state index contributed by atoms with van der Waals surface area (Å²) in [6.07, 6.45) is 1.50. The first kappa shape index (κ1) is 12.8. The van der Waals surface area contributed by atoms with Crippen molar-refractivity contribution in [3.8, 4) is 6.07 Å². The molecule has 0 aromatic heterocycles. The van der Waals surface area contributed by atoms with Gasteiger partial charge >= 0.3 is 0 Å². The molecule has 4 nitrogen and oxygen atoms in total. The lowest BCUT2D eigenvalue weighted by Gasteiger charge is -2.30. The minimum atomic E-state index is -0.481. The SMILES string of the molecule is CC(C)N1CCC(C2(C)OCC(CC#N)O2)C1. The maximum absolute atomic E-state index is 8.68. The van der Waals surface area contributed by atoms with Crippen LogP contribution in [-0.2, 0) is 9.47 Å². The summed E-state index contributed by atoms with van der Waals surface area (Å²) < 4.78 is 11.7. The molecule has 3 atom stereocenters. The summed E-state index contributed by atoms with van der Waals surface area (Å²) in [6, 6.07) is 2.73. The molecule has 0 amide bonds. The molecule has 2 aliphatic heterocycles. The fourth-order valence-corrected chi connectivity index (χ4v) is 2.76. The first-order valence-corrected chi connectivity index (χ1v) is 6.48. The highest BCUT2D eigenvalue weighted by molar-refractivity contribution is 4.91. The summed E-state index contributed by atoms with van der Waals surface area (Å²) in [7, 11) is 0. The zero-order valence-corrected chi connectivity index (χ0v) is 11.0. The number of likely N-dealkylation sites (tertiary alicyclic amines) is 1. The van der Waals surface area contributed by atoms with E-state index < -0.39 is 5.79 Å². The third-order valence-corrected chi connectivity index (χ3v) is 3.97. The number of nitriles is 1. The second kappa shape index (κ2) is 4.93. The van der Waals surface area contributed by atoms with E-state index in [1.807, 2.05) is 6.92 Å². The van der Waals surface area contributed by atoms with Crippen LogP contribution in [0.3, 0.4) is 0 Å². The van der Waals surface area contributed by atoms with Gasteiger partial charge in [-0.1, -0.05) is 0 Å². The molecule has 0 bridgehead atoms. The lowest BCUT2D eigenvalue weighted by Crippen LogP contribution is -2.39. The zero-order valence-electron chi connectivity index (χ0n) is 11.0. The van der Waals surface area contributed by atoms with Crippen LogP contribution in [0.2, 0.25) is 0 Å². The smallest absolute Gasteiger partial charge is 0.170 e. The van der Waals surface area contributed by atoms with Crippen LogP contribution in [0.1, 0.15) is 33.6 Å². The normalized spacial score (nSPS) is 38.8. The third kappa shape index (κ3) is 2.62. The van der Waals surface area contributed by atoms with Crippen molar-refractivity contribution < 1.29 is 9.47 Å². The van der Waals surface area contributed by atoms with Crippen molar-refractivity contribution in [2.45, 2.75) is 51.5 Å². The Morgan fingerprint density at radius 1 is 1.53 bits per heavy atom. The molecule has 0 spiro atoms. The van der Waals surface area contributed by atoms with Crippen LogP contribution < -0.4 is 0 Å². The van der Waals surface area contributed by atoms with Crippen molar-refractivity contribution in [2.75, 3.05) is 19.7 Å². The topological polar surface area (TPSA) is 45.5 Å². The summed E-state index contributed by atoms with van der Waals surface area (Å²) in [4.78, 5) is 2.46. The van der Waals surface area contributed by atoms with E-state index in [-0.39, 0.29) is 6.10 Å². The summed E-state index contributed by atoms with van der Waals surface area (Å²) in [5.74, 6) is -0.0564. The van der Waals surface area contributed by atoms with Crippen molar-refractivity contribution in [2.24, 2.45) is 5.92 Å². The molecule has 0 aromatic rings. The van der Waals surface area contributed by atoms with Crippen LogP contribution in [0.5, 0.6) is 0 Å². The van der Waals surface area contributed by atoms with Gasteiger partial charge in [0.2, 0.25) is 0 Å². The van der Waals surface area contributed by atoms with Crippen LogP contribution in [0, 0.1) is 17.2 Å². The Morgan fingerprint density at radius 3 is 2.88 bits per heavy atom. The Kier molecular flexibility index (Phi) is 3.72. The molecule has 2 rings (SSSR count). The second-order valence-electron chi connectivity index (χ2n) is 5.50. The predicted molar refractivity (Wildman–Crippen MR) is 64.3 cm³/mol. The molecule has 3 unspecified atom stereocenters. The van der Waals surface area contributed by atoms with E-state index in [0.29, 0.717) is 25.0 Å². The lowest BCUT2D eigenvalue weighted by molar-refractivity contribution is -0.188. The lowest BCUT2D eigenvalue weighted by atomic mass is 9.99. The molecule has 0 saturated carbocycles. The van der Waals surface area contributed by atoms with Gasteiger partial charge in [-0.25, -0.2) is 0 Å². The van der Waals surface area contributed by atoms with Gasteiger partial charge in [0, 0.05) is 18.5 Å². The van der Waals surface area contributed by atoms with Crippen molar-refractivity contribution in [3.63, 3.8) is 0 Å². The highest BCUT2D eigenvalue weighted by Crippen LogP contribution is 2.37. The molecule has 96 valence electrons. The fourth-order valence-electron chi connectivity index (χ4n) is 2.76. The molecule has 0 aromatic carbocycles. The van der Waals surface area contributed by atoms with Crippen LogP contribution >= 0.6 is 0 Å². The highest BCUT2D eigenvalue weighted by atomic mass is 16.7. The molecular weight excluding hydrogens is 216 g/mol. The van der Waals surface area contributed by atoms with Gasteiger partial charge in [-0.2, -0.15) is 5.26 Å². The van der Waals surface area contributed by atoms with Gasteiger partial charge in [0.15, 0.2) is 5.79 Å². The van der Waals surface area contributed by atoms with Crippen LogP contribution in [-0.4, -0.2) is 42.5 Å². The number of nitrogens with zero attached hydrogens (tertiary/aromatic N) is 2. The van der Waals surface area contributed by atoms with Crippen LogP contribution in [0.25, 0.3) is 0 Å². The van der Waals surface area contributed by atoms with Gasteiger partial charge in [0.05, 0.1) is 25.2 Å². The maximum atomic E-state index is 8.68. The Hall–Kier alpha value is -0.630. The largest absolute Gasteiger partial charge is 0.347 e. The standard InChI is InChI=1S/C13H22N2O2/c1-10(2)15-7-5-11(8-15)13(3)16-9-12(17-13)4-6-14/h10-12H,4-5,7-9H2,1-3H3. The molecule has 0 N–H and O–H groups in total. The third-order valence-electron chi connectivity index (χ3n) is 3.97. The van der Waals surface area contributed by atoms with E-state index in [1.54, 1.807) is 0 Å². The Morgan fingerprint density at radius 2 is 2.29 bits per heavy atom. The predicted octanol–water partition coefficient (Wildman–Crippen LogP) is 1.76. The average molecular weight is 238 g/mol. The highest BCUT2D eigenvalue weighted by Gasteiger charge is 2.46. The minimum absolute atomic E-state index is 0.0434.